The number of nitrogens with zero attached hydrogens (tertiary/aromatic N) is 3. The topological polar surface area (TPSA) is 70.1 Å². The molecule has 3 heterocycles. The van der Waals surface area contributed by atoms with E-state index in [4.69, 9.17) is 0 Å². The number of carbonyl (C=O) groups is 1. The van der Waals surface area contributed by atoms with Gasteiger partial charge in [-0.05, 0) is 52.0 Å². The fourth-order valence-electron chi connectivity index (χ4n) is 5.23. The van der Waals surface area contributed by atoms with E-state index in [0.717, 1.165) is 31.4 Å². The van der Waals surface area contributed by atoms with Crippen molar-refractivity contribution in [1.82, 2.24) is 9.80 Å². The second-order valence-corrected chi connectivity index (χ2v) is 10.6. The monoisotopic (exact) mass is 353 g/mol. The average Bonchev–Trinajstić information content (AvgIpc) is 2.75. The van der Waals surface area contributed by atoms with Gasteiger partial charge in [-0.25, -0.2) is 18.2 Å². The van der Waals surface area contributed by atoms with Crippen molar-refractivity contribution in [3.8, 4) is 0 Å². The Morgan fingerprint density at radius 2 is 1.67 bits per heavy atom. The van der Waals surface area contributed by atoms with Gasteiger partial charge >= 0.3 is 6.03 Å². The summed E-state index contributed by atoms with van der Waals surface area (Å²) < 4.78 is 26.5. The maximum Gasteiger partial charge on any atom is 0.343 e. The summed E-state index contributed by atoms with van der Waals surface area (Å²) in [5.41, 5.74) is 0.924. The van der Waals surface area contributed by atoms with Crippen LogP contribution in [-0.2, 0) is 9.84 Å². The maximum atomic E-state index is 13.2. The summed E-state index contributed by atoms with van der Waals surface area (Å²) in [5, 5.41) is -0.423. The Kier molecular flexibility index (Phi) is 3.99. The first-order chi connectivity index (χ1) is 11.4. The standard InChI is InChI=1S/C17H27N3O3S/c1-19-10-11-7-14(5-6-16(11)18-17(19)21)24(22,23)15-8-12-3-4-13(9-15)20(12)2/h11-15H,3-10H2,1-2H3. The van der Waals surface area contributed by atoms with Crippen molar-refractivity contribution in [2.24, 2.45) is 10.9 Å². The van der Waals surface area contributed by atoms with Crippen molar-refractivity contribution in [2.75, 3.05) is 20.6 Å². The Morgan fingerprint density at radius 3 is 2.33 bits per heavy atom. The molecular weight excluding hydrogens is 326 g/mol. The van der Waals surface area contributed by atoms with Crippen LogP contribution in [0.25, 0.3) is 0 Å². The van der Waals surface area contributed by atoms with Gasteiger partial charge in [0, 0.05) is 37.3 Å². The third-order valence-electron chi connectivity index (χ3n) is 6.79. The van der Waals surface area contributed by atoms with Gasteiger partial charge in [0.1, 0.15) is 0 Å². The van der Waals surface area contributed by atoms with Crippen LogP contribution in [-0.4, -0.2) is 73.2 Å². The summed E-state index contributed by atoms with van der Waals surface area (Å²) in [6, 6.07) is 0.708. The average molecular weight is 353 g/mol. The lowest BCUT2D eigenvalue weighted by atomic mass is 9.85. The zero-order valence-corrected chi connectivity index (χ0v) is 15.3. The number of hydrogen-bond donors (Lipinski definition) is 0. The highest BCUT2D eigenvalue weighted by Gasteiger charge is 2.47. The lowest BCUT2D eigenvalue weighted by Crippen LogP contribution is -2.49. The molecule has 0 radical (unpaired) electrons. The molecule has 134 valence electrons. The number of carbonyl (C=O) groups excluding carboxylic acids is 1. The van der Waals surface area contributed by atoms with Crippen molar-refractivity contribution in [1.29, 1.82) is 0 Å². The van der Waals surface area contributed by atoms with Crippen molar-refractivity contribution in [3.05, 3.63) is 0 Å². The number of hydrogen-bond acceptors (Lipinski definition) is 4. The molecule has 3 aliphatic heterocycles. The third-order valence-corrected chi connectivity index (χ3v) is 9.46. The number of aliphatic imine (C=N–C) groups is 1. The summed E-state index contributed by atoms with van der Waals surface area (Å²) in [5.74, 6) is 0.129. The van der Waals surface area contributed by atoms with E-state index < -0.39 is 9.84 Å². The Hall–Kier alpha value is -0.950. The van der Waals surface area contributed by atoms with Crippen LogP contribution >= 0.6 is 0 Å². The van der Waals surface area contributed by atoms with E-state index >= 15 is 0 Å². The molecule has 7 heteroatoms. The highest BCUT2D eigenvalue weighted by Crippen LogP contribution is 2.40. The van der Waals surface area contributed by atoms with Gasteiger partial charge in [-0.3, -0.25) is 0 Å². The van der Waals surface area contributed by atoms with Gasteiger partial charge in [0.25, 0.3) is 0 Å². The van der Waals surface area contributed by atoms with Crippen molar-refractivity contribution < 1.29 is 13.2 Å². The molecule has 4 atom stereocenters. The van der Waals surface area contributed by atoms with E-state index in [0.29, 0.717) is 37.9 Å². The molecular formula is C17H27N3O3S. The quantitative estimate of drug-likeness (QED) is 0.758. The number of urea groups is 1. The van der Waals surface area contributed by atoms with E-state index in [2.05, 4.69) is 16.9 Å². The first-order valence-electron chi connectivity index (χ1n) is 9.13. The van der Waals surface area contributed by atoms with Gasteiger partial charge in [-0.1, -0.05) is 0 Å². The molecule has 24 heavy (non-hydrogen) atoms. The summed E-state index contributed by atoms with van der Waals surface area (Å²) in [4.78, 5) is 19.9. The maximum absolute atomic E-state index is 13.2. The van der Waals surface area contributed by atoms with Crippen LogP contribution in [0.5, 0.6) is 0 Å². The van der Waals surface area contributed by atoms with Crippen LogP contribution in [0, 0.1) is 5.92 Å². The summed E-state index contributed by atoms with van der Waals surface area (Å²) in [6.45, 7) is 0.613. The number of fused-ring (bicyclic) bond motifs is 3. The minimum absolute atomic E-state index is 0.129. The third kappa shape index (κ3) is 2.60. The zero-order valence-electron chi connectivity index (χ0n) is 14.5. The Bertz CT molecular complexity index is 661. The Morgan fingerprint density at radius 1 is 1.00 bits per heavy atom. The number of amides is 2. The predicted octanol–water partition coefficient (Wildman–Crippen LogP) is 1.70. The van der Waals surface area contributed by atoms with Gasteiger partial charge in [0.05, 0.1) is 10.5 Å². The van der Waals surface area contributed by atoms with Crippen LogP contribution in [0.4, 0.5) is 4.79 Å². The summed E-state index contributed by atoms with van der Waals surface area (Å²) in [6.07, 6.45) is 5.82. The molecule has 2 saturated heterocycles. The molecule has 4 aliphatic rings. The molecule has 0 spiro atoms. The molecule has 1 aliphatic carbocycles. The van der Waals surface area contributed by atoms with Gasteiger partial charge in [0.2, 0.25) is 0 Å². The van der Waals surface area contributed by atoms with Crippen LogP contribution in [0.15, 0.2) is 4.99 Å². The van der Waals surface area contributed by atoms with Crippen molar-refractivity contribution in [2.45, 2.75) is 67.5 Å². The molecule has 0 aromatic rings. The smallest absolute Gasteiger partial charge is 0.325 e. The van der Waals surface area contributed by atoms with Crippen LogP contribution in [0.1, 0.15) is 44.9 Å². The molecule has 0 aromatic carbocycles. The highest BCUT2D eigenvalue weighted by atomic mass is 32.2. The minimum Gasteiger partial charge on any atom is -0.325 e. The van der Waals surface area contributed by atoms with E-state index in [1.54, 1.807) is 11.9 Å². The summed E-state index contributed by atoms with van der Waals surface area (Å²) in [7, 11) is 0.787. The second-order valence-electron chi connectivity index (χ2n) is 8.09. The zero-order chi connectivity index (χ0) is 17.1. The highest BCUT2D eigenvalue weighted by molar-refractivity contribution is 7.92. The number of rotatable bonds is 2. The van der Waals surface area contributed by atoms with Crippen LogP contribution < -0.4 is 0 Å². The Labute approximate surface area is 144 Å². The molecule has 4 unspecified atom stereocenters. The largest absolute Gasteiger partial charge is 0.343 e. The van der Waals surface area contributed by atoms with Gasteiger partial charge in [0.15, 0.2) is 9.84 Å². The van der Waals surface area contributed by atoms with E-state index in [9.17, 15) is 13.2 Å². The van der Waals surface area contributed by atoms with Crippen LogP contribution in [0.2, 0.25) is 0 Å². The molecule has 1 saturated carbocycles. The molecule has 2 bridgehead atoms. The number of piperidine rings is 1. The lowest BCUT2D eigenvalue weighted by Gasteiger charge is -2.40. The second kappa shape index (κ2) is 5.80. The SMILES string of the molecule is CN1CC2CC(S(=O)(=O)C3CC4CCC(C3)N4C)CCC2=NC1=O. The van der Waals surface area contributed by atoms with Gasteiger partial charge < -0.3 is 9.80 Å². The molecule has 2 amide bonds. The van der Waals surface area contributed by atoms with Gasteiger partial charge in [-0.2, -0.15) is 0 Å². The van der Waals surface area contributed by atoms with E-state index in [1.807, 2.05) is 0 Å². The lowest BCUT2D eigenvalue weighted by molar-refractivity contribution is 0.179. The molecule has 6 nitrogen and oxygen atoms in total. The van der Waals surface area contributed by atoms with Crippen molar-refractivity contribution >= 4 is 21.6 Å². The summed E-state index contributed by atoms with van der Waals surface area (Å²) >= 11 is 0. The normalized spacial score (nSPS) is 40.4. The fraction of sp³-hybridized carbons (Fsp3) is 0.882. The fourth-order valence-corrected chi connectivity index (χ4v) is 7.70. The van der Waals surface area contributed by atoms with E-state index in [-0.39, 0.29) is 22.4 Å². The van der Waals surface area contributed by atoms with Gasteiger partial charge in [-0.15, -0.1) is 0 Å². The van der Waals surface area contributed by atoms with Crippen LogP contribution in [0.3, 0.4) is 0 Å². The first kappa shape index (κ1) is 16.5. The number of sulfone groups is 1. The first-order valence-corrected chi connectivity index (χ1v) is 10.7. The van der Waals surface area contributed by atoms with E-state index in [1.165, 1.54) is 0 Å². The molecule has 0 N–H and O–H groups in total. The Balaban J connectivity index is 1.50. The predicted molar refractivity (Wildman–Crippen MR) is 93.1 cm³/mol. The molecule has 0 aromatic heterocycles. The minimum atomic E-state index is -3.10. The molecule has 4 rings (SSSR count). The van der Waals surface area contributed by atoms with Crippen molar-refractivity contribution in [3.63, 3.8) is 0 Å². The molecule has 3 fully saturated rings.